The fraction of sp³-hybridized carbons (Fsp3) is 0.400. The number of rotatable bonds is 5. The zero-order valence-corrected chi connectivity index (χ0v) is 15.0. The van der Waals surface area contributed by atoms with Crippen LogP contribution < -0.4 is 9.47 Å². The lowest BCUT2D eigenvalue weighted by Crippen LogP contribution is -2.31. The highest BCUT2D eigenvalue weighted by atomic mass is 16.5. The van der Waals surface area contributed by atoms with E-state index >= 15 is 0 Å². The molecule has 5 heteroatoms. The monoisotopic (exact) mass is 344 g/mol. The Hall–Kier alpha value is -2.08. The third kappa shape index (κ3) is 2.42. The van der Waals surface area contributed by atoms with Gasteiger partial charge < -0.3 is 24.8 Å². The van der Waals surface area contributed by atoms with Crippen molar-refractivity contribution >= 4 is 0 Å². The molecule has 1 atom stereocenters. The summed E-state index contributed by atoms with van der Waals surface area (Å²) in [5.74, 6) is 1.03. The van der Waals surface area contributed by atoms with Gasteiger partial charge in [0.1, 0.15) is 5.60 Å². The second kappa shape index (κ2) is 6.33. The molecule has 0 bridgehead atoms. The summed E-state index contributed by atoms with van der Waals surface area (Å²) in [5.41, 5.74) is 3.23. The standard InChI is InChI=1S/C20H24O5/c1-11(2)20(23)16-6-13(10-22)12(9-21)5-14(16)15-7-18(24-3)19(25-4)8-17(15)20/h5-8,11,21-23H,9-10H2,1-4H3. The van der Waals surface area contributed by atoms with Crippen molar-refractivity contribution in [2.75, 3.05) is 14.2 Å². The number of aliphatic hydroxyl groups excluding tert-OH is 2. The van der Waals surface area contributed by atoms with Gasteiger partial charge in [-0.1, -0.05) is 13.8 Å². The molecular weight excluding hydrogens is 320 g/mol. The lowest BCUT2D eigenvalue weighted by atomic mass is 9.80. The maximum atomic E-state index is 11.6. The van der Waals surface area contributed by atoms with E-state index in [2.05, 4.69) is 0 Å². The fourth-order valence-corrected chi connectivity index (χ4v) is 3.71. The van der Waals surface area contributed by atoms with Gasteiger partial charge in [0.15, 0.2) is 11.5 Å². The normalized spacial score (nSPS) is 18.2. The molecule has 1 aliphatic rings. The van der Waals surface area contributed by atoms with Crippen molar-refractivity contribution < 1.29 is 24.8 Å². The van der Waals surface area contributed by atoms with Crippen molar-refractivity contribution in [3.05, 3.63) is 46.5 Å². The molecule has 0 radical (unpaired) electrons. The third-order valence-corrected chi connectivity index (χ3v) is 5.15. The van der Waals surface area contributed by atoms with E-state index in [0.29, 0.717) is 22.6 Å². The first-order valence-electron chi connectivity index (χ1n) is 8.29. The second-order valence-electron chi connectivity index (χ2n) is 6.66. The van der Waals surface area contributed by atoms with E-state index in [1.807, 2.05) is 32.0 Å². The van der Waals surface area contributed by atoms with E-state index in [4.69, 9.17) is 9.47 Å². The largest absolute Gasteiger partial charge is 0.493 e. The predicted octanol–water partition coefficient (Wildman–Crippen LogP) is 2.56. The molecule has 1 unspecified atom stereocenters. The second-order valence-corrected chi connectivity index (χ2v) is 6.66. The molecule has 0 aromatic heterocycles. The maximum absolute atomic E-state index is 11.6. The van der Waals surface area contributed by atoms with E-state index in [-0.39, 0.29) is 19.1 Å². The number of hydrogen-bond donors (Lipinski definition) is 3. The Bertz CT molecular complexity index is 749. The molecule has 0 aliphatic heterocycles. The van der Waals surface area contributed by atoms with Crippen LogP contribution in [0.25, 0.3) is 11.1 Å². The van der Waals surface area contributed by atoms with Gasteiger partial charge in [-0.2, -0.15) is 0 Å². The molecule has 0 fully saturated rings. The zero-order valence-electron chi connectivity index (χ0n) is 15.0. The average Bonchev–Trinajstić information content (AvgIpc) is 2.88. The molecule has 1 aliphatic carbocycles. The average molecular weight is 344 g/mol. The number of ether oxygens (including phenoxy) is 2. The SMILES string of the molecule is COc1cc2c(cc1OC)C(O)(C(C)C)c1cc(CO)c(CO)cc1-2. The Morgan fingerprint density at radius 1 is 0.840 bits per heavy atom. The van der Waals surface area contributed by atoms with E-state index < -0.39 is 5.60 Å². The lowest BCUT2D eigenvalue weighted by Gasteiger charge is -2.31. The van der Waals surface area contributed by atoms with Gasteiger partial charge >= 0.3 is 0 Å². The van der Waals surface area contributed by atoms with Gasteiger partial charge in [-0.15, -0.1) is 0 Å². The van der Waals surface area contributed by atoms with Gasteiger partial charge in [-0.25, -0.2) is 0 Å². The highest BCUT2D eigenvalue weighted by Crippen LogP contribution is 2.54. The summed E-state index contributed by atoms with van der Waals surface area (Å²) in [6, 6.07) is 7.30. The smallest absolute Gasteiger partial charge is 0.161 e. The van der Waals surface area contributed by atoms with Crippen LogP contribution in [0.5, 0.6) is 11.5 Å². The van der Waals surface area contributed by atoms with Crippen LogP contribution in [0.1, 0.15) is 36.1 Å². The van der Waals surface area contributed by atoms with Crippen molar-refractivity contribution in [1.29, 1.82) is 0 Å². The molecule has 25 heavy (non-hydrogen) atoms. The Labute approximate surface area is 147 Å². The third-order valence-electron chi connectivity index (χ3n) is 5.15. The number of aliphatic hydroxyl groups is 3. The van der Waals surface area contributed by atoms with Crippen LogP contribution in [0, 0.1) is 5.92 Å². The summed E-state index contributed by atoms with van der Waals surface area (Å²) in [6.07, 6.45) is 0. The number of benzene rings is 2. The summed E-state index contributed by atoms with van der Waals surface area (Å²) < 4.78 is 10.8. The van der Waals surface area contributed by atoms with E-state index in [1.165, 1.54) is 0 Å². The maximum Gasteiger partial charge on any atom is 0.161 e. The molecule has 0 spiro atoms. The molecule has 3 rings (SSSR count). The summed E-state index contributed by atoms with van der Waals surface area (Å²) in [6.45, 7) is 3.54. The minimum Gasteiger partial charge on any atom is -0.493 e. The van der Waals surface area contributed by atoms with Crippen molar-refractivity contribution in [2.45, 2.75) is 32.7 Å². The summed E-state index contributed by atoms with van der Waals surface area (Å²) in [7, 11) is 3.14. The highest BCUT2D eigenvalue weighted by Gasteiger charge is 2.45. The molecule has 2 aromatic carbocycles. The number of hydrogen-bond acceptors (Lipinski definition) is 5. The lowest BCUT2D eigenvalue weighted by molar-refractivity contribution is 0.0359. The molecular formula is C20H24O5. The Morgan fingerprint density at radius 3 is 1.84 bits per heavy atom. The minimum atomic E-state index is -1.21. The topological polar surface area (TPSA) is 79.2 Å². The summed E-state index contributed by atoms with van der Waals surface area (Å²) in [5, 5.41) is 30.9. The molecule has 0 amide bonds. The van der Waals surface area contributed by atoms with Crippen LogP contribution in [0.2, 0.25) is 0 Å². The van der Waals surface area contributed by atoms with Crippen molar-refractivity contribution in [3.8, 4) is 22.6 Å². The molecule has 0 saturated carbocycles. The summed E-state index contributed by atoms with van der Waals surface area (Å²) in [4.78, 5) is 0. The van der Waals surface area contributed by atoms with Gasteiger partial charge in [0, 0.05) is 5.56 Å². The summed E-state index contributed by atoms with van der Waals surface area (Å²) >= 11 is 0. The predicted molar refractivity (Wildman–Crippen MR) is 94.7 cm³/mol. The van der Waals surface area contributed by atoms with Crippen LogP contribution in [0.3, 0.4) is 0 Å². The Morgan fingerprint density at radius 2 is 1.32 bits per heavy atom. The van der Waals surface area contributed by atoms with Gasteiger partial charge in [-0.05, 0) is 58.0 Å². The van der Waals surface area contributed by atoms with Crippen LogP contribution >= 0.6 is 0 Å². The quantitative estimate of drug-likeness (QED) is 0.777. The van der Waals surface area contributed by atoms with Gasteiger partial charge in [0.25, 0.3) is 0 Å². The van der Waals surface area contributed by atoms with Gasteiger partial charge in [-0.3, -0.25) is 0 Å². The molecule has 0 heterocycles. The molecule has 2 aromatic rings. The first kappa shape index (κ1) is 17.7. The first-order chi connectivity index (χ1) is 11.9. The van der Waals surface area contributed by atoms with Crippen LogP contribution in [0.4, 0.5) is 0 Å². The van der Waals surface area contributed by atoms with Crippen LogP contribution in [0.15, 0.2) is 24.3 Å². The highest BCUT2D eigenvalue weighted by molar-refractivity contribution is 5.83. The van der Waals surface area contributed by atoms with Crippen LogP contribution in [-0.4, -0.2) is 29.5 Å². The molecule has 5 nitrogen and oxygen atoms in total. The number of fused-ring (bicyclic) bond motifs is 3. The zero-order chi connectivity index (χ0) is 18.4. The van der Waals surface area contributed by atoms with E-state index in [1.54, 1.807) is 20.3 Å². The van der Waals surface area contributed by atoms with Crippen molar-refractivity contribution in [1.82, 2.24) is 0 Å². The van der Waals surface area contributed by atoms with E-state index in [0.717, 1.165) is 22.3 Å². The van der Waals surface area contributed by atoms with Crippen LogP contribution in [-0.2, 0) is 18.8 Å². The number of methoxy groups -OCH3 is 2. The van der Waals surface area contributed by atoms with Gasteiger partial charge in [0.05, 0.1) is 27.4 Å². The molecule has 134 valence electrons. The molecule has 3 N–H and O–H groups in total. The minimum absolute atomic E-state index is 0.0999. The Kier molecular flexibility index (Phi) is 4.49. The van der Waals surface area contributed by atoms with E-state index in [9.17, 15) is 15.3 Å². The van der Waals surface area contributed by atoms with Crippen molar-refractivity contribution in [2.24, 2.45) is 5.92 Å². The Balaban J connectivity index is 2.38. The van der Waals surface area contributed by atoms with Gasteiger partial charge in [0.2, 0.25) is 0 Å². The first-order valence-corrected chi connectivity index (χ1v) is 8.29. The van der Waals surface area contributed by atoms with Crippen molar-refractivity contribution in [3.63, 3.8) is 0 Å². The fourth-order valence-electron chi connectivity index (χ4n) is 3.71. The molecule has 0 saturated heterocycles.